The highest BCUT2D eigenvalue weighted by atomic mass is 16.5. The van der Waals surface area contributed by atoms with Gasteiger partial charge in [0.05, 0.1) is 12.5 Å². The summed E-state index contributed by atoms with van der Waals surface area (Å²) in [5.41, 5.74) is 6.33. The number of para-hydroxylation sites is 1. The smallest absolute Gasteiger partial charge is 0.314 e. The molecule has 1 unspecified atom stereocenters. The molecular weight excluding hydrogens is 242 g/mol. The summed E-state index contributed by atoms with van der Waals surface area (Å²) < 4.78 is 10.5. The zero-order valence-corrected chi connectivity index (χ0v) is 12.1. The third kappa shape index (κ3) is 3.96. The van der Waals surface area contributed by atoms with Crippen molar-refractivity contribution in [3.05, 3.63) is 29.8 Å². The summed E-state index contributed by atoms with van der Waals surface area (Å²) in [6.07, 6.45) is 0.834. The van der Waals surface area contributed by atoms with Crippen LogP contribution in [0.25, 0.3) is 0 Å². The number of carbonyl (C=O) groups is 1. The first-order chi connectivity index (χ1) is 8.92. The Bertz CT molecular complexity index is 429. The molecule has 0 fully saturated rings. The molecule has 1 aromatic carbocycles. The molecule has 0 bridgehead atoms. The number of carbonyl (C=O) groups excluding carboxylic acids is 1. The molecule has 0 aliphatic rings. The van der Waals surface area contributed by atoms with Crippen molar-refractivity contribution < 1.29 is 14.3 Å². The minimum Gasteiger partial charge on any atom is -0.492 e. The molecule has 0 spiro atoms. The first kappa shape index (κ1) is 15.5. The Balaban J connectivity index is 2.81. The van der Waals surface area contributed by atoms with Gasteiger partial charge in [-0.3, -0.25) is 4.79 Å². The summed E-state index contributed by atoms with van der Waals surface area (Å²) >= 11 is 0. The Morgan fingerprint density at radius 1 is 1.37 bits per heavy atom. The fourth-order valence-electron chi connectivity index (χ4n) is 1.73. The number of hydrogen-bond donors (Lipinski definition) is 1. The average Bonchev–Trinajstić information content (AvgIpc) is 2.43. The molecule has 4 nitrogen and oxygen atoms in total. The molecule has 2 N–H and O–H groups in total. The van der Waals surface area contributed by atoms with Crippen molar-refractivity contribution in [2.75, 3.05) is 13.7 Å². The van der Waals surface area contributed by atoms with Crippen molar-refractivity contribution in [3.8, 4) is 5.75 Å². The van der Waals surface area contributed by atoms with E-state index in [-0.39, 0.29) is 18.6 Å². The Morgan fingerprint density at radius 3 is 2.58 bits per heavy atom. The highest BCUT2D eigenvalue weighted by molar-refractivity contribution is 5.75. The van der Waals surface area contributed by atoms with Gasteiger partial charge in [0.25, 0.3) is 0 Å². The van der Waals surface area contributed by atoms with E-state index in [1.165, 1.54) is 7.11 Å². The quantitative estimate of drug-likeness (QED) is 0.803. The molecule has 0 heterocycles. The van der Waals surface area contributed by atoms with E-state index < -0.39 is 5.41 Å². The van der Waals surface area contributed by atoms with Crippen LogP contribution in [0.1, 0.15) is 38.8 Å². The summed E-state index contributed by atoms with van der Waals surface area (Å²) in [7, 11) is 1.38. The van der Waals surface area contributed by atoms with E-state index in [0.717, 1.165) is 17.7 Å². The third-order valence-corrected chi connectivity index (χ3v) is 3.08. The summed E-state index contributed by atoms with van der Waals surface area (Å²) in [4.78, 5) is 11.6. The number of benzene rings is 1. The first-order valence-electron chi connectivity index (χ1n) is 6.48. The van der Waals surface area contributed by atoms with Crippen LogP contribution in [0.3, 0.4) is 0 Å². The Morgan fingerprint density at radius 2 is 2.00 bits per heavy atom. The van der Waals surface area contributed by atoms with Crippen LogP contribution in [0.2, 0.25) is 0 Å². The predicted molar refractivity (Wildman–Crippen MR) is 75.0 cm³/mol. The van der Waals surface area contributed by atoms with E-state index in [4.69, 9.17) is 15.2 Å². The molecule has 19 heavy (non-hydrogen) atoms. The fourth-order valence-corrected chi connectivity index (χ4v) is 1.73. The van der Waals surface area contributed by atoms with Gasteiger partial charge in [0.15, 0.2) is 0 Å². The fraction of sp³-hybridized carbons (Fsp3) is 0.533. The second-order valence-electron chi connectivity index (χ2n) is 5.22. The van der Waals surface area contributed by atoms with E-state index in [0.29, 0.717) is 0 Å². The van der Waals surface area contributed by atoms with Crippen molar-refractivity contribution in [1.82, 2.24) is 0 Å². The number of nitrogens with two attached hydrogens (primary N) is 1. The molecule has 0 saturated heterocycles. The van der Waals surface area contributed by atoms with Gasteiger partial charge in [-0.2, -0.15) is 0 Å². The van der Waals surface area contributed by atoms with Crippen LogP contribution in [0.5, 0.6) is 5.75 Å². The van der Waals surface area contributed by atoms with Crippen LogP contribution >= 0.6 is 0 Å². The number of hydrogen-bond acceptors (Lipinski definition) is 4. The van der Waals surface area contributed by atoms with Crippen LogP contribution < -0.4 is 10.5 Å². The average molecular weight is 265 g/mol. The second kappa shape index (κ2) is 6.57. The van der Waals surface area contributed by atoms with Gasteiger partial charge in [-0.25, -0.2) is 0 Å². The second-order valence-corrected chi connectivity index (χ2v) is 5.22. The number of ether oxygens (including phenoxy) is 2. The minimum absolute atomic E-state index is 0.0579. The first-order valence-corrected chi connectivity index (χ1v) is 6.48. The predicted octanol–water partition coefficient (Wildman–Crippen LogP) is 2.67. The van der Waals surface area contributed by atoms with E-state index in [1.807, 2.05) is 31.2 Å². The Kier molecular flexibility index (Phi) is 5.36. The molecule has 106 valence electrons. The van der Waals surface area contributed by atoms with Crippen molar-refractivity contribution >= 4 is 5.97 Å². The maximum atomic E-state index is 11.6. The van der Waals surface area contributed by atoms with Crippen LogP contribution in [-0.2, 0) is 9.53 Å². The van der Waals surface area contributed by atoms with E-state index in [1.54, 1.807) is 13.8 Å². The summed E-state index contributed by atoms with van der Waals surface area (Å²) in [6, 6.07) is 7.60. The van der Waals surface area contributed by atoms with Gasteiger partial charge >= 0.3 is 5.97 Å². The lowest BCUT2D eigenvalue weighted by atomic mass is 9.95. The molecule has 1 atom stereocenters. The SMILES string of the molecule is CCC(N)c1ccccc1OCC(C)(C)C(=O)OC. The highest BCUT2D eigenvalue weighted by Gasteiger charge is 2.30. The Hall–Kier alpha value is -1.55. The monoisotopic (exact) mass is 265 g/mol. The maximum Gasteiger partial charge on any atom is 0.314 e. The van der Waals surface area contributed by atoms with E-state index in [9.17, 15) is 4.79 Å². The zero-order valence-electron chi connectivity index (χ0n) is 12.1. The van der Waals surface area contributed by atoms with E-state index in [2.05, 4.69) is 0 Å². The molecular formula is C15H23NO3. The van der Waals surface area contributed by atoms with Crippen LogP contribution in [0.15, 0.2) is 24.3 Å². The Labute approximate surface area is 114 Å². The topological polar surface area (TPSA) is 61.5 Å². The van der Waals surface area contributed by atoms with Crippen LogP contribution in [0.4, 0.5) is 0 Å². The number of esters is 1. The summed E-state index contributed by atoms with van der Waals surface area (Å²) in [6.45, 7) is 5.87. The van der Waals surface area contributed by atoms with Crippen LogP contribution in [0, 0.1) is 5.41 Å². The maximum absolute atomic E-state index is 11.6. The van der Waals surface area contributed by atoms with Gasteiger partial charge in [0.1, 0.15) is 12.4 Å². The van der Waals surface area contributed by atoms with Crippen molar-refractivity contribution in [2.45, 2.75) is 33.2 Å². The van der Waals surface area contributed by atoms with Gasteiger partial charge in [-0.1, -0.05) is 25.1 Å². The molecule has 1 aromatic rings. The van der Waals surface area contributed by atoms with Gasteiger partial charge in [-0.15, -0.1) is 0 Å². The molecule has 0 aliphatic carbocycles. The molecule has 4 heteroatoms. The number of rotatable bonds is 6. The summed E-state index contributed by atoms with van der Waals surface area (Å²) in [5.74, 6) is 0.443. The van der Waals surface area contributed by atoms with Gasteiger partial charge in [0.2, 0.25) is 0 Å². The van der Waals surface area contributed by atoms with Gasteiger partial charge in [-0.05, 0) is 26.3 Å². The molecule has 0 radical (unpaired) electrons. The highest BCUT2D eigenvalue weighted by Crippen LogP contribution is 2.27. The minimum atomic E-state index is -0.682. The zero-order chi connectivity index (χ0) is 14.5. The lowest BCUT2D eigenvalue weighted by Gasteiger charge is -2.23. The van der Waals surface area contributed by atoms with Crippen molar-refractivity contribution in [3.63, 3.8) is 0 Å². The lowest BCUT2D eigenvalue weighted by molar-refractivity contribution is -0.152. The van der Waals surface area contributed by atoms with E-state index >= 15 is 0 Å². The third-order valence-electron chi connectivity index (χ3n) is 3.08. The normalized spacial score (nSPS) is 12.9. The van der Waals surface area contributed by atoms with Crippen LogP contribution in [-0.4, -0.2) is 19.7 Å². The lowest BCUT2D eigenvalue weighted by Crippen LogP contribution is -2.32. The van der Waals surface area contributed by atoms with Gasteiger partial charge in [0, 0.05) is 11.6 Å². The standard InChI is InChI=1S/C15H23NO3/c1-5-12(16)11-8-6-7-9-13(11)19-10-15(2,3)14(17)18-4/h6-9,12H,5,10,16H2,1-4H3. The molecule has 0 saturated carbocycles. The largest absolute Gasteiger partial charge is 0.492 e. The van der Waals surface area contributed by atoms with Crippen molar-refractivity contribution in [2.24, 2.45) is 11.1 Å². The molecule has 0 amide bonds. The molecule has 1 rings (SSSR count). The van der Waals surface area contributed by atoms with Crippen molar-refractivity contribution in [1.29, 1.82) is 0 Å². The van der Waals surface area contributed by atoms with Gasteiger partial charge < -0.3 is 15.2 Å². The number of methoxy groups -OCH3 is 1. The molecule has 0 aromatic heterocycles. The molecule has 0 aliphatic heterocycles. The summed E-state index contributed by atoms with van der Waals surface area (Å²) in [5, 5.41) is 0.